The summed E-state index contributed by atoms with van der Waals surface area (Å²) in [4.78, 5) is 23.6. The molecule has 0 unspecified atom stereocenters. The molecule has 2 aromatic carbocycles. The normalized spacial score (nSPS) is 10.1. The van der Waals surface area contributed by atoms with Crippen LogP contribution in [-0.2, 0) is 9.59 Å². The van der Waals surface area contributed by atoms with E-state index in [4.69, 9.17) is 68.1 Å². The van der Waals surface area contributed by atoms with Gasteiger partial charge in [-0.25, -0.2) is 0 Å². The average Bonchev–Trinajstić information content (AvgIpc) is 2.65. The lowest BCUT2D eigenvalue weighted by Gasteiger charge is -2.12. The molecule has 0 atom stereocenters. The van der Waals surface area contributed by atoms with Crippen LogP contribution in [-0.4, -0.2) is 30.1 Å². The number of benzene rings is 2. The maximum atomic E-state index is 11.8. The van der Waals surface area contributed by atoms with Crippen LogP contribution >= 0.6 is 58.6 Å². The van der Waals surface area contributed by atoms with Gasteiger partial charge in [-0.1, -0.05) is 46.4 Å². The van der Waals surface area contributed by atoms with E-state index in [9.17, 15) is 9.59 Å². The van der Waals surface area contributed by atoms with E-state index in [2.05, 4.69) is 16.2 Å². The van der Waals surface area contributed by atoms with Gasteiger partial charge in [0.2, 0.25) is 0 Å². The topological polar surface area (TPSA) is 88.7 Å². The van der Waals surface area contributed by atoms with Crippen LogP contribution in [0.1, 0.15) is 0 Å². The molecule has 0 heterocycles. The van der Waals surface area contributed by atoms with Crippen LogP contribution in [0.25, 0.3) is 0 Å². The van der Waals surface area contributed by atoms with Crippen molar-refractivity contribution in [3.63, 3.8) is 0 Å². The third-order valence-electron chi connectivity index (χ3n) is 3.07. The van der Waals surface area contributed by atoms with Crippen LogP contribution in [0, 0.1) is 0 Å². The van der Waals surface area contributed by atoms with Crippen molar-refractivity contribution in [3.8, 4) is 11.5 Å². The number of rotatable bonds is 6. The Labute approximate surface area is 191 Å². The van der Waals surface area contributed by atoms with Gasteiger partial charge in [-0.3, -0.25) is 25.8 Å². The van der Waals surface area contributed by atoms with Crippen molar-refractivity contribution in [1.82, 2.24) is 16.2 Å². The first-order chi connectivity index (χ1) is 13.7. The zero-order valence-corrected chi connectivity index (χ0v) is 18.3. The summed E-state index contributed by atoms with van der Waals surface area (Å²) in [5.41, 5.74) is 4.62. The molecule has 0 radical (unpaired) electrons. The summed E-state index contributed by atoms with van der Waals surface area (Å²) in [6.45, 7) is -0.696. The Balaban J connectivity index is 1.68. The summed E-state index contributed by atoms with van der Waals surface area (Å²) >= 11 is 28.3. The summed E-state index contributed by atoms with van der Waals surface area (Å²) in [6.07, 6.45) is 0. The SMILES string of the molecule is O=C(COc1ccc(Cl)cc1Cl)NNC(=S)NC(=O)COc1ccc(Cl)cc1Cl. The minimum absolute atomic E-state index is 0.140. The second-order valence-corrected chi connectivity index (χ2v) is 7.37. The fourth-order valence-electron chi connectivity index (χ4n) is 1.83. The van der Waals surface area contributed by atoms with Crippen molar-refractivity contribution in [2.75, 3.05) is 13.2 Å². The van der Waals surface area contributed by atoms with Crippen molar-refractivity contribution in [2.24, 2.45) is 0 Å². The molecule has 2 rings (SSSR count). The van der Waals surface area contributed by atoms with Crippen molar-refractivity contribution >= 4 is 75.5 Å². The Bertz CT molecular complexity index is 930. The lowest BCUT2D eigenvalue weighted by molar-refractivity contribution is -0.124. The zero-order chi connectivity index (χ0) is 21.4. The highest BCUT2D eigenvalue weighted by Crippen LogP contribution is 2.28. The third kappa shape index (κ3) is 8.12. The van der Waals surface area contributed by atoms with Crippen molar-refractivity contribution in [2.45, 2.75) is 0 Å². The largest absolute Gasteiger partial charge is 0.482 e. The Morgan fingerprint density at radius 1 is 0.793 bits per heavy atom. The molecule has 0 bridgehead atoms. The lowest BCUT2D eigenvalue weighted by atomic mass is 10.3. The molecule has 0 spiro atoms. The van der Waals surface area contributed by atoms with Gasteiger partial charge in [0, 0.05) is 10.0 Å². The van der Waals surface area contributed by atoms with E-state index < -0.39 is 11.8 Å². The van der Waals surface area contributed by atoms with Gasteiger partial charge in [0.25, 0.3) is 11.8 Å². The van der Waals surface area contributed by atoms with Crippen LogP contribution in [0.15, 0.2) is 36.4 Å². The highest BCUT2D eigenvalue weighted by Gasteiger charge is 2.10. The maximum absolute atomic E-state index is 11.8. The number of carbonyl (C=O) groups is 2. The summed E-state index contributed by atoms with van der Waals surface area (Å²) in [7, 11) is 0. The van der Waals surface area contributed by atoms with Crippen molar-refractivity contribution in [1.29, 1.82) is 0 Å². The van der Waals surface area contributed by atoms with E-state index >= 15 is 0 Å². The smallest absolute Gasteiger partial charge is 0.276 e. The predicted octanol–water partition coefficient (Wildman–Crippen LogP) is 3.78. The molecule has 0 saturated heterocycles. The number of hydrogen-bond acceptors (Lipinski definition) is 5. The Morgan fingerprint density at radius 2 is 1.28 bits per heavy atom. The molecule has 7 nitrogen and oxygen atoms in total. The molecule has 0 aliphatic rings. The fourth-order valence-corrected chi connectivity index (χ4v) is 2.92. The first-order valence-corrected chi connectivity index (χ1v) is 9.71. The molecular formula is C17H13Cl4N3O4S. The number of ether oxygens (including phenoxy) is 2. The number of hydrogen-bond donors (Lipinski definition) is 3. The van der Waals surface area contributed by atoms with Crippen LogP contribution in [0.5, 0.6) is 11.5 Å². The van der Waals surface area contributed by atoms with Crippen molar-refractivity contribution < 1.29 is 19.1 Å². The number of hydrazine groups is 1. The Kier molecular flexibility index (Phi) is 9.06. The fraction of sp³-hybridized carbons (Fsp3) is 0.118. The summed E-state index contributed by atoms with van der Waals surface area (Å²) in [5.74, 6) is -0.541. The van der Waals surface area contributed by atoms with Gasteiger partial charge in [0.05, 0.1) is 10.0 Å². The van der Waals surface area contributed by atoms with Crippen molar-refractivity contribution in [3.05, 3.63) is 56.5 Å². The monoisotopic (exact) mass is 495 g/mol. The first kappa shape index (κ1) is 23.3. The number of carbonyl (C=O) groups excluding carboxylic acids is 2. The molecule has 0 aliphatic heterocycles. The number of thiocarbonyl (C=S) groups is 1. The van der Waals surface area contributed by atoms with Gasteiger partial charge < -0.3 is 9.47 Å². The average molecular weight is 497 g/mol. The highest BCUT2D eigenvalue weighted by molar-refractivity contribution is 7.80. The van der Waals surface area contributed by atoms with Gasteiger partial charge in [-0.05, 0) is 48.6 Å². The maximum Gasteiger partial charge on any atom is 0.276 e. The highest BCUT2D eigenvalue weighted by atomic mass is 35.5. The Hall–Kier alpha value is -1.97. The van der Waals surface area contributed by atoms with Gasteiger partial charge in [0.1, 0.15) is 11.5 Å². The molecule has 0 fully saturated rings. The van der Waals surface area contributed by atoms with Crippen LogP contribution in [0.2, 0.25) is 20.1 Å². The zero-order valence-electron chi connectivity index (χ0n) is 14.4. The lowest BCUT2D eigenvalue weighted by Crippen LogP contribution is -2.50. The van der Waals surface area contributed by atoms with E-state index in [-0.39, 0.29) is 34.1 Å². The summed E-state index contributed by atoms with van der Waals surface area (Å²) in [6, 6.07) is 9.17. The summed E-state index contributed by atoms with van der Waals surface area (Å²) in [5, 5.41) is 3.59. The molecule has 12 heteroatoms. The molecule has 0 aromatic heterocycles. The molecule has 0 saturated carbocycles. The second kappa shape index (κ2) is 11.3. The third-order valence-corrected chi connectivity index (χ3v) is 4.34. The molecule has 2 amide bonds. The van der Waals surface area contributed by atoms with Gasteiger partial charge >= 0.3 is 0 Å². The second-order valence-electron chi connectivity index (χ2n) is 5.28. The molecule has 2 aromatic rings. The quantitative estimate of drug-likeness (QED) is 0.416. The minimum Gasteiger partial charge on any atom is -0.482 e. The van der Waals surface area contributed by atoms with E-state index in [1.807, 2.05) is 0 Å². The molecule has 0 aliphatic carbocycles. The van der Waals surface area contributed by atoms with Gasteiger partial charge in [-0.15, -0.1) is 0 Å². The van der Waals surface area contributed by atoms with E-state index in [1.165, 1.54) is 24.3 Å². The van der Waals surface area contributed by atoms with Gasteiger partial charge in [-0.2, -0.15) is 0 Å². The van der Waals surface area contributed by atoms with E-state index in [0.717, 1.165) is 0 Å². The Morgan fingerprint density at radius 3 is 1.76 bits per heavy atom. The number of halogens is 4. The van der Waals surface area contributed by atoms with Crippen LogP contribution < -0.4 is 25.6 Å². The predicted molar refractivity (Wildman–Crippen MR) is 116 cm³/mol. The molecule has 3 N–H and O–H groups in total. The van der Waals surface area contributed by atoms with Crippen LogP contribution in [0.3, 0.4) is 0 Å². The summed E-state index contributed by atoms with van der Waals surface area (Å²) < 4.78 is 10.5. The molecule has 29 heavy (non-hydrogen) atoms. The molecular weight excluding hydrogens is 484 g/mol. The van der Waals surface area contributed by atoms with Gasteiger partial charge in [0.15, 0.2) is 18.3 Å². The van der Waals surface area contributed by atoms with E-state index in [1.54, 1.807) is 12.1 Å². The minimum atomic E-state index is -0.563. The van der Waals surface area contributed by atoms with Crippen LogP contribution in [0.4, 0.5) is 0 Å². The number of amides is 2. The first-order valence-electron chi connectivity index (χ1n) is 7.79. The standard InChI is InChI=1S/C17H13Cl4N3O4S/c18-9-1-3-13(11(20)5-9)27-7-15(25)22-17(29)24-23-16(26)8-28-14-4-2-10(19)6-12(14)21/h1-6H,7-8H2,(H,23,26)(H2,22,24,25,29). The number of nitrogens with one attached hydrogen (secondary N) is 3. The van der Waals surface area contributed by atoms with E-state index in [0.29, 0.717) is 15.8 Å². The molecule has 154 valence electrons.